The molecule has 140 valence electrons. The maximum atomic E-state index is 13.1. The van der Waals surface area contributed by atoms with Gasteiger partial charge in [0.15, 0.2) is 0 Å². The van der Waals surface area contributed by atoms with Crippen LogP contribution in [0.5, 0.6) is 5.75 Å². The molecule has 0 aliphatic rings. The van der Waals surface area contributed by atoms with Crippen molar-refractivity contribution >= 4 is 15.8 Å². The fourth-order valence-electron chi connectivity index (χ4n) is 2.11. The molecule has 0 saturated carbocycles. The van der Waals surface area contributed by atoms with Crippen molar-refractivity contribution < 1.29 is 35.4 Å². The van der Waals surface area contributed by atoms with E-state index in [1.165, 1.54) is 19.2 Å². The number of ether oxygens (including phenoxy) is 1. The zero-order valence-corrected chi connectivity index (χ0v) is 14.0. The summed E-state index contributed by atoms with van der Waals surface area (Å²) in [6.45, 7) is -1.14. The summed E-state index contributed by atoms with van der Waals surface area (Å²) in [7, 11) is -3.07. The van der Waals surface area contributed by atoms with E-state index >= 15 is 0 Å². The summed E-state index contributed by atoms with van der Waals surface area (Å²) in [5.74, 6) is 0.363. The predicted octanol–water partition coefficient (Wildman–Crippen LogP) is 3.53. The lowest BCUT2D eigenvalue weighted by atomic mass is 10.1. The molecule has 26 heavy (non-hydrogen) atoms. The van der Waals surface area contributed by atoms with Crippen LogP contribution in [0.2, 0.25) is 0 Å². The lowest BCUT2D eigenvalue weighted by molar-refractivity contribution is -0.386. The van der Waals surface area contributed by atoms with Gasteiger partial charge in [-0.2, -0.15) is 21.6 Å². The highest BCUT2D eigenvalue weighted by Gasteiger charge is 2.37. The van der Waals surface area contributed by atoms with Crippen LogP contribution in [0.4, 0.5) is 18.9 Å². The Labute approximate surface area is 146 Å². The smallest absolute Gasteiger partial charge is 0.417 e. The van der Waals surface area contributed by atoms with Crippen LogP contribution in [0.1, 0.15) is 11.1 Å². The molecule has 0 N–H and O–H groups in total. The highest BCUT2D eigenvalue weighted by Crippen LogP contribution is 2.36. The summed E-state index contributed by atoms with van der Waals surface area (Å²) < 4.78 is 73.0. The first-order valence-corrected chi connectivity index (χ1v) is 8.34. The van der Waals surface area contributed by atoms with Crippen LogP contribution in [-0.2, 0) is 27.1 Å². The van der Waals surface area contributed by atoms with Gasteiger partial charge < -0.3 is 4.74 Å². The normalized spacial score (nSPS) is 12.0. The molecule has 2 rings (SSSR count). The Hall–Kier alpha value is -2.66. The van der Waals surface area contributed by atoms with Crippen LogP contribution in [0.3, 0.4) is 0 Å². The monoisotopic (exact) mass is 391 g/mol. The molecule has 0 spiro atoms. The number of halogens is 3. The Morgan fingerprint density at radius 2 is 1.73 bits per heavy atom. The molecule has 0 amide bonds. The van der Waals surface area contributed by atoms with Crippen molar-refractivity contribution in [3.8, 4) is 5.75 Å². The summed E-state index contributed by atoms with van der Waals surface area (Å²) in [4.78, 5) is 9.62. The zero-order valence-electron chi connectivity index (χ0n) is 13.2. The number of alkyl halides is 3. The minimum atomic E-state index is -4.91. The number of benzene rings is 2. The van der Waals surface area contributed by atoms with E-state index in [1.54, 1.807) is 0 Å². The van der Waals surface area contributed by atoms with E-state index in [-0.39, 0.29) is 4.90 Å². The van der Waals surface area contributed by atoms with Crippen molar-refractivity contribution in [3.05, 3.63) is 63.7 Å². The minimum absolute atomic E-state index is 0.328. The van der Waals surface area contributed by atoms with E-state index in [2.05, 4.69) is 4.18 Å². The van der Waals surface area contributed by atoms with Crippen LogP contribution < -0.4 is 4.74 Å². The van der Waals surface area contributed by atoms with Crippen molar-refractivity contribution in [2.24, 2.45) is 0 Å². The number of nitro benzene ring substituents is 1. The van der Waals surface area contributed by atoms with E-state index in [4.69, 9.17) is 4.74 Å². The highest BCUT2D eigenvalue weighted by atomic mass is 32.2. The molecule has 0 aliphatic heterocycles. The second-order valence-corrected chi connectivity index (χ2v) is 6.57. The molecule has 0 radical (unpaired) electrons. The standard InChI is InChI=1S/C15H12F3NO6S/c1-24-10-5-7-11(8-6-10)26(22,23)25-9-12-13(15(16,17)18)3-2-4-14(12)19(20)21/h2-8H,9H2,1H3. The molecular formula is C15H12F3NO6S. The third-order valence-corrected chi connectivity index (χ3v) is 4.64. The summed E-state index contributed by atoms with van der Waals surface area (Å²) in [6.07, 6.45) is -4.91. The van der Waals surface area contributed by atoms with Crippen LogP contribution in [0, 0.1) is 10.1 Å². The van der Waals surface area contributed by atoms with Crippen LogP contribution >= 0.6 is 0 Å². The van der Waals surface area contributed by atoms with Crippen molar-refractivity contribution in [1.29, 1.82) is 0 Å². The van der Waals surface area contributed by atoms with Crippen LogP contribution in [0.15, 0.2) is 47.4 Å². The van der Waals surface area contributed by atoms with Gasteiger partial charge in [0.05, 0.1) is 34.7 Å². The quantitative estimate of drug-likeness (QED) is 0.425. The average Bonchev–Trinajstić information content (AvgIpc) is 2.58. The molecule has 0 bridgehead atoms. The molecule has 0 unspecified atom stereocenters. The van der Waals surface area contributed by atoms with Gasteiger partial charge in [0.2, 0.25) is 0 Å². The minimum Gasteiger partial charge on any atom is -0.497 e. The van der Waals surface area contributed by atoms with E-state index in [1.807, 2.05) is 0 Å². The van der Waals surface area contributed by atoms with Crippen molar-refractivity contribution in [1.82, 2.24) is 0 Å². The maximum absolute atomic E-state index is 13.1. The van der Waals surface area contributed by atoms with Gasteiger partial charge in [-0.3, -0.25) is 14.3 Å². The zero-order chi connectivity index (χ0) is 19.5. The molecular weight excluding hydrogens is 379 g/mol. The van der Waals surface area contributed by atoms with Gasteiger partial charge in [-0.1, -0.05) is 6.07 Å². The fraction of sp³-hybridized carbons (Fsp3) is 0.200. The summed E-state index contributed by atoms with van der Waals surface area (Å²) >= 11 is 0. The molecule has 2 aromatic rings. The molecule has 0 fully saturated rings. The molecule has 11 heteroatoms. The highest BCUT2D eigenvalue weighted by molar-refractivity contribution is 7.86. The molecule has 7 nitrogen and oxygen atoms in total. The van der Waals surface area contributed by atoms with Gasteiger partial charge in [0, 0.05) is 6.07 Å². The lowest BCUT2D eigenvalue weighted by Gasteiger charge is -2.13. The van der Waals surface area contributed by atoms with Crippen LogP contribution in [-0.4, -0.2) is 20.5 Å². The van der Waals surface area contributed by atoms with E-state index in [9.17, 15) is 31.7 Å². The van der Waals surface area contributed by atoms with Gasteiger partial charge in [-0.05, 0) is 30.3 Å². The SMILES string of the molecule is COc1ccc(S(=O)(=O)OCc2c([N+](=O)[O-])cccc2C(F)(F)F)cc1. The second kappa shape index (κ2) is 7.30. The Morgan fingerprint density at radius 3 is 2.23 bits per heavy atom. The molecule has 0 heterocycles. The number of nitrogens with zero attached hydrogens (tertiary/aromatic N) is 1. The number of nitro groups is 1. The number of hydrogen-bond acceptors (Lipinski definition) is 6. The third kappa shape index (κ3) is 4.29. The summed E-state index contributed by atoms with van der Waals surface area (Å²) in [6, 6.07) is 7.24. The first-order chi connectivity index (χ1) is 12.1. The number of hydrogen-bond donors (Lipinski definition) is 0. The van der Waals surface area contributed by atoms with E-state index < -0.39 is 44.6 Å². The summed E-state index contributed by atoms with van der Waals surface area (Å²) in [5.41, 5.74) is -3.09. The molecule has 0 aromatic heterocycles. The topological polar surface area (TPSA) is 95.7 Å². The van der Waals surface area contributed by atoms with Crippen molar-refractivity contribution in [3.63, 3.8) is 0 Å². The Balaban J connectivity index is 2.37. The van der Waals surface area contributed by atoms with Crippen molar-refractivity contribution in [2.75, 3.05) is 7.11 Å². The van der Waals surface area contributed by atoms with E-state index in [0.717, 1.165) is 24.3 Å². The van der Waals surface area contributed by atoms with Gasteiger partial charge in [0.25, 0.3) is 15.8 Å². The lowest BCUT2D eigenvalue weighted by Crippen LogP contribution is -2.14. The second-order valence-electron chi connectivity index (χ2n) is 4.95. The molecule has 0 saturated heterocycles. The predicted molar refractivity (Wildman–Crippen MR) is 83.1 cm³/mol. The Bertz CT molecular complexity index is 910. The Kier molecular flexibility index (Phi) is 5.52. The van der Waals surface area contributed by atoms with Crippen molar-refractivity contribution in [2.45, 2.75) is 17.7 Å². The van der Waals surface area contributed by atoms with Gasteiger partial charge in [-0.25, -0.2) is 0 Å². The Morgan fingerprint density at radius 1 is 1.12 bits per heavy atom. The van der Waals surface area contributed by atoms with E-state index in [0.29, 0.717) is 11.8 Å². The van der Waals surface area contributed by atoms with Gasteiger partial charge in [-0.15, -0.1) is 0 Å². The number of rotatable bonds is 6. The van der Waals surface area contributed by atoms with Gasteiger partial charge >= 0.3 is 6.18 Å². The third-order valence-electron chi connectivity index (χ3n) is 3.36. The first kappa shape index (κ1) is 19.7. The summed E-state index contributed by atoms with van der Waals surface area (Å²) in [5, 5.41) is 11.0. The van der Waals surface area contributed by atoms with Crippen LogP contribution in [0.25, 0.3) is 0 Å². The molecule has 0 aliphatic carbocycles. The first-order valence-electron chi connectivity index (χ1n) is 6.93. The maximum Gasteiger partial charge on any atom is 0.417 e. The fourth-order valence-corrected chi connectivity index (χ4v) is 2.99. The van der Waals surface area contributed by atoms with Gasteiger partial charge in [0.1, 0.15) is 5.75 Å². The largest absolute Gasteiger partial charge is 0.497 e. The molecule has 2 aromatic carbocycles. The average molecular weight is 391 g/mol. The molecule has 0 atom stereocenters. The number of methoxy groups -OCH3 is 1.